The Bertz CT molecular complexity index is 1300. The number of fused-ring (bicyclic) bond motifs is 1. The summed E-state index contributed by atoms with van der Waals surface area (Å²) in [5.41, 5.74) is 1.12. The van der Waals surface area contributed by atoms with Gasteiger partial charge in [-0.3, -0.25) is 19.1 Å². The van der Waals surface area contributed by atoms with E-state index in [-0.39, 0.29) is 36.0 Å². The molecule has 2 amide bonds. The van der Waals surface area contributed by atoms with Crippen LogP contribution in [-0.4, -0.2) is 57.1 Å². The molecule has 2 heterocycles. The first kappa shape index (κ1) is 22.3. The molecule has 1 aromatic heterocycles. The number of piperazine rings is 1. The highest BCUT2D eigenvalue weighted by molar-refractivity contribution is 5.97. The molecule has 1 aliphatic heterocycles. The predicted molar refractivity (Wildman–Crippen MR) is 126 cm³/mol. The molecule has 176 valence electrons. The van der Waals surface area contributed by atoms with Crippen molar-refractivity contribution in [3.8, 4) is 0 Å². The van der Waals surface area contributed by atoms with Crippen LogP contribution in [0.5, 0.6) is 0 Å². The molecule has 0 atom stereocenters. The second kappa shape index (κ2) is 9.37. The van der Waals surface area contributed by atoms with Gasteiger partial charge in [-0.2, -0.15) is 5.10 Å². The van der Waals surface area contributed by atoms with Crippen molar-refractivity contribution in [2.24, 2.45) is 0 Å². The predicted octanol–water partition coefficient (Wildman–Crippen LogP) is 3.20. The van der Waals surface area contributed by atoms with Gasteiger partial charge in [-0.25, -0.2) is 4.39 Å². The minimum Gasteiger partial charge on any atom is -0.336 e. The summed E-state index contributed by atoms with van der Waals surface area (Å²) in [6.07, 6.45) is 6.77. The summed E-state index contributed by atoms with van der Waals surface area (Å²) in [6.45, 7) is 1.14. The van der Waals surface area contributed by atoms with Crippen molar-refractivity contribution < 1.29 is 14.0 Å². The van der Waals surface area contributed by atoms with E-state index in [1.807, 2.05) is 11.0 Å². The van der Waals surface area contributed by atoms with Crippen molar-refractivity contribution in [3.63, 3.8) is 0 Å². The van der Waals surface area contributed by atoms with Crippen molar-refractivity contribution in [3.05, 3.63) is 75.8 Å². The van der Waals surface area contributed by atoms with E-state index in [1.165, 1.54) is 29.7 Å². The Labute approximate surface area is 196 Å². The van der Waals surface area contributed by atoms with Crippen LogP contribution in [0.25, 0.3) is 10.9 Å². The quantitative estimate of drug-likeness (QED) is 0.597. The van der Waals surface area contributed by atoms with E-state index in [0.717, 1.165) is 25.7 Å². The van der Waals surface area contributed by atoms with Gasteiger partial charge >= 0.3 is 0 Å². The smallest absolute Gasteiger partial charge is 0.257 e. The molecule has 0 bridgehead atoms. The molecule has 1 aliphatic carbocycles. The van der Waals surface area contributed by atoms with Crippen molar-refractivity contribution in [1.82, 2.24) is 19.6 Å². The summed E-state index contributed by atoms with van der Waals surface area (Å²) in [5.74, 6) is -1.16. The van der Waals surface area contributed by atoms with Crippen LogP contribution in [0.2, 0.25) is 0 Å². The van der Waals surface area contributed by atoms with Crippen LogP contribution in [0, 0.1) is 5.82 Å². The number of rotatable bonds is 4. The number of hydrogen-bond donors (Lipinski definition) is 0. The Hall–Kier alpha value is -3.55. The minimum absolute atomic E-state index is 0.0229. The molecule has 7 nitrogen and oxygen atoms in total. The minimum atomic E-state index is -0.617. The number of amides is 2. The molecule has 1 saturated heterocycles. The first-order valence-electron chi connectivity index (χ1n) is 11.8. The Kier molecular flexibility index (Phi) is 6.13. The van der Waals surface area contributed by atoms with Crippen molar-refractivity contribution >= 4 is 22.7 Å². The summed E-state index contributed by atoms with van der Waals surface area (Å²) in [6, 6.07) is 11.8. The van der Waals surface area contributed by atoms with Crippen molar-refractivity contribution in [1.29, 1.82) is 0 Å². The first-order valence-corrected chi connectivity index (χ1v) is 11.8. The number of nitrogens with zero attached hydrogens (tertiary/aromatic N) is 4. The molecule has 2 fully saturated rings. The molecule has 0 spiro atoms. The van der Waals surface area contributed by atoms with E-state index in [9.17, 15) is 18.8 Å². The van der Waals surface area contributed by atoms with Gasteiger partial charge in [0.1, 0.15) is 12.4 Å². The Morgan fingerprint density at radius 3 is 2.62 bits per heavy atom. The number of aromatic nitrogens is 2. The maximum Gasteiger partial charge on any atom is 0.257 e. The molecular weight excluding hydrogens is 435 g/mol. The standard InChI is InChI=1S/C26H27FN4O3/c27-22-11-10-18(16-31-23-9-5-4-8-20(23)24(32)15-28-31)14-21(22)26(34)29-12-13-30(25(33)17-29)19-6-2-1-3-7-19/h4-5,8-11,14-15,19H,1-3,6-7,12-13,16-17H2. The summed E-state index contributed by atoms with van der Waals surface area (Å²) in [7, 11) is 0. The highest BCUT2D eigenvalue weighted by atomic mass is 19.1. The number of carbonyl (C=O) groups excluding carboxylic acids is 2. The van der Waals surface area contributed by atoms with Gasteiger partial charge in [0.15, 0.2) is 0 Å². The van der Waals surface area contributed by atoms with Gasteiger partial charge in [0.25, 0.3) is 5.91 Å². The Morgan fingerprint density at radius 1 is 1.03 bits per heavy atom. The average Bonchev–Trinajstić information content (AvgIpc) is 2.87. The highest BCUT2D eigenvalue weighted by Crippen LogP contribution is 2.25. The zero-order valence-electron chi connectivity index (χ0n) is 19.0. The van der Waals surface area contributed by atoms with Crippen LogP contribution >= 0.6 is 0 Å². The molecule has 0 radical (unpaired) electrons. The molecular formula is C26H27FN4O3. The van der Waals surface area contributed by atoms with E-state index in [4.69, 9.17) is 0 Å². The third-order valence-corrected chi connectivity index (χ3v) is 6.92. The van der Waals surface area contributed by atoms with Gasteiger partial charge in [0, 0.05) is 24.5 Å². The monoisotopic (exact) mass is 462 g/mol. The third-order valence-electron chi connectivity index (χ3n) is 6.92. The van der Waals surface area contributed by atoms with Crippen LogP contribution in [0.4, 0.5) is 4.39 Å². The first-order chi connectivity index (χ1) is 16.5. The van der Waals surface area contributed by atoms with Crippen LogP contribution in [0.15, 0.2) is 53.5 Å². The van der Waals surface area contributed by atoms with E-state index >= 15 is 0 Å². The normalized spacial score (nSPS) is 17.4. The number of carbonyl (C=O) groups is 2. The fourth-order valence-corrected chi connectivity index (χ4v) is 5.10. The number of hydrogen-bond acceptors (Lipinski definition) is 4. The highest BCUT2D eigenvalue weighted by Gasteiger charge is 2.33. The second-order valence-corrected chi connectivity index (χ2v) is 9.10. The zero-order valence-corrected chi connectivity index (χ0v) is 19.0. The summed E-state index contributed by atoms with van der Waals surface area (Å²) < 4.78 is 16.3. The van der Waals surface area contributed by atoms with Gasteiger partial charge in [0.2, 0.25) is 11.3 Å². The lowest BCUT2D eigenvalue weighted by molar-refractivity contribution is -0.138. The molecule has 1 saturated carbocycles. The second-order valence-electron chi connectivity index (χ2n) is 9.10. The van der Waals surface area contributed by atoms with E-state index in [1.54, 1.807) is 28.9 Å². The van der Waals surface area contributed by atoms with Gasteiger partial charge in [-0.15, -0.1) is 0 Å². The average molecular weight is 463 g/mol. The number of para-hydroxylation sites is 1. The SMILES string of the molecule is O=C(c1cc(Cn2ncc(=O)c3ccccc32)ccc1F)N1CCN(C2CCCCC2)C(=O)C1. The zero-order chi connectivity index (χ0) is 23.7. The molecule has 0 unspecified atom stereocenters. The molecule has 3 aromatic rings. The molecule has 5 rings (SSSR count). The molecule has 2 aromatic carbocycles. The lowest BCUT2D eigenvalue weighted by Crippen LogP contribution is -2.55. The molecule has 0 N–H and O–H groups in total. The third kappa shape index (κ3) is 4.32. The topological polar surface area (TPSA) is 75.5 Å². The maximum absolute atomic E-state index is 14.7. The van der Waals surface area contributed by atoms with E-state index < -0.39 is 11.7 Å². The lowest BCUT2D eigenvalue weighted by Gasteiger charge is -2.40. The van der Waals surface area contributed by atoms with Crippen LogP contribution in [-0.2, 0) is 11.3 Å². The van der Waals surface area contributed by atoms with Gasteiger partial charge < -0.3 is 9.80 Å². The van der Waals surface area contributed by atoms with Crippen LogP contribution < -0.4 is 5.43 Å². The van der Waals surface area contributed by atoms with Crippen LogP contribution in [0.3, 0.4) is 0 Å². The fourth-order valence-electron chi connectivity index (χ4n) is 5.10. The van der Waals surface area contributed by atoms with Crippen molar-refractivity contribution in [2.45, 2.75) is 44.7 Å². The lowest BCUT2D eigenvalue weighted by atomic mass is 9.93. The van der Waals surface area contributed by atoms with Gasteiger partial charge in [0.05, 0.1) is 23.8 Å². The summed E-state index contributed by atoms with van der Waals surface area (Å²) in [4.78, 5) is 41.4. The number of benzene rings is 2. The van der Waals surface area contributed by atoms with Gasteiger partial charge in [-0.05, 0) is 42.7 Å². The molecule has 2 aliphatic rings. The maximum atomic E-state index is 14.7. The molecule has 8 heteroatoms. The van der Waals surface area contributed by atoms with E-state index in [0.29, 0.717) is 29.6 Å². The summed E-state index contributed by atoms with van der Waals surface area (Å²) in [5, 5.41) is 4.76. The van der Waals surface area contributed by atoms with Gasteiger partial charge in [-0.1, -0.05) is 37.5 Å². The van der Waals surface area contributed by atoms with E-state index in [2.05, 4.69) is 5.10 Å². The number of halogens is 1. The Morgan fingerprint density at radius 2 is 1.82 bits per heavy atom. The fraction of sp³-hybridized carbons (Fsp3) is 0.385. The van der Waals surface area contributed by atoms with Crippen molar-refractivity contribution in [2.75, 3.05) is 19.6 Å². The largest absolute Gasteiger partial charge is 0.336 e. The molecule has 34 heavy (non-hydrogen) atoms. The summed E-state index contributed by atoms with van der Waals surface area (Å²) >= 11 is 0. The Balaban J connectivity index is 1.34. The van der Waals surface area contributed by atoms with Crippen LogP contribution in [0.1, 0.15) is 48.0 Å².